The van der Waals surface area contributed by atoms with Gasteiger partial charge in [-0.2, -0.15) is 0 Å². The number of hydrogen-bond donors (Lipinski definition) is 1. The van der Waals surface area contributed by atoms with Crippen LogP contribution in [0.1, 0.15) is 36.3 Å². The molecule has 0 unspecified atom stereocenters. The molecule has 0 saturated heterocycles. The first-order valence-electron chi connectivity index (χ1n) is 6.99. The molecule has 0 spiro atoms. The predicted octanol–water partition coefficient (Wildman–Crippen LogP) is 2.61. The number of nitrogens with zero attached hydrogens (tertiary/aromatic N) is 1. The number of nitrogens with one attached hydrogen (secondary N) is 1. The number of rotatable bonds is 6. The van der Waals surface area contributed by atoms with Crippen LogP contribution in [-0.2, 0) is 28.7 Å². The first-order valence-corrected chi connectivity index (χ1v) is 7.39. The monoisotopic (exact) mass is 282 g/mol. The second kappa shape index (κ2) is 7.72. The lowest BCUT2D eigenvalue weighted by molar-refractivity contribution is 0.0716. The second-order valence-electron chi connectivity index (χ2n) is 4.86. The van der Waals surface area contributed by atoms with E-state index < -0.39 is 0 Å². The fraction of sp³-hybridized carbons (Fsp3) is 0.714. The molecule has 1 aliphatic rings. The van der Waals surface area contributed by atoms with Crippen molar-refractivity contribution in [3.8, 4) is 0 Å². The van der Waals surface area contributed by atoms with Gasteiger partial charge in [0.15, 0.2) is 0 Å². The second-order valence-corrected chi connectivity index (χ2v) is 5.25. The maximum atomic E-state index is 5.47. The Balaban J connectivity index is 1.96. The van der Waals surface area contributed by atoms with Crippen LogP contribution in [0.2, 0.25) is 0 Å². The lowest BCUT2D eigenvalue weighted by Gasteiger charge is -2.09. The van der Waals surface area contributed by atoms with E-state index in [0.717, 1.165) is 29.7 Å². The van der Waals surface area contributed by atoms with Crippen LogP contribution in [0.5, 0.6) is 0 Å². The van der Waals surface area contributed by atoms with Gasteiger partial charge in [0.2, 0.25) is 0 Å². The lowest BCUT2D eigenvalue weighted by Crippen LogP contribution is -2.09. The van der Waals surface area contributed by atoms with Crippen LogP contribution in [0.4, 0.5) is 0 Å². The molecule has 0 aliphatic heterocycles. The summed E-state index contributed by atoms with van der Waals surface area (Å²) < 4.78 is 11.2. The van der Waals surface area contributed by atoms with Crippen molar-refractivity contribution in [3.63, 3.8) is 0 Å². The van der Waals surface area contributed by atoms with E-state index in [1.165, 1.54) is 30.5 Å². The summed E-state index contributed by atoms with van der Waals surface area (Å²) in [6, 6.07) is 0. The zero-order valence-electron chi connectivity index (χ0n) is 11.5. The summed E-state index contributed by atoms with van der Waals surface area (Å²) >= 11 is 5.42. The van der Waals surface area contributed by atoms with E-state index in [2.05, 4.69) is 9.97 Å². The zero-order chi connectivity index (χ0) is 13.5. The van der Waals surface area contributed by atoms with Gasteiger partial charge in [0.05, 0.1) is 19.8 Å². The number of aryl methyl sites for hydroxylation is 1. The molecule has 106 valence electrons. The minimum Gasteiger partial charge on any atom is -0.382 e. The van der Waals surface area contributed by atoms with Gasteiger partial charge >= 0.3 is 0 Å². The summed E-state index contributed by atoms with van der Waals surface area (Å²) in [4.78, 5) is 7.94. The van der Waals surface area contributed by atoms with E-state index in [9.17, 15) is 0 Å². The molecule has 0 saturated carbocycles. The van der Waals surface area contributed by atoms with Crippen molar-refractivity contribution in [1.29, 1.82) is 0 Å². The highest BCUT2D eigenvalue weighted by molar-refractivity contribution is 7.71. The summed E-state index contributed by atoms with van der Waals surface area (Å²) in [5.74, 6) is 0.947. The molecule has 0 bridgehead atoms. The molecule has 1 aliphatic carbocycles. The number of fused-ring (bicyclic) bond motifs is 1. The number of hydrogen-bond acceptors (Lipinski definition) is 4. The molecule has 1 aromatic heterocycles. The molecule has 4 nitrogen and oxygen atoms in total. The average molecular weight is 282 g/mol. The number of aromatic amines is 1. The maximum absolute atomic E-state index is 5.47. The van der Waals surface area contributed by atoms with E-state index >= 15 is 0 Å². The smallest absolute Gasteiger partial charge is 0.133 e. The number of ether oxygens (including phenoxy) is 2. The minimum absolute atomic E-state index is 0.627. The van der Waals surface area contributed by atoms with Crippen LogP contribution in [0.25, 0.3) is 0 Å². The summed E-state index contributed by atoms with van der Waals surface area (Å²) in [6.07, 6.45) is 6.70. The summed E-state index contributed by atoms with van der Waals surface area (Å²) in [6.45, 7) is 1.91. The highest BCUT2D eigenvalue weighted by Crippen LogP contribution is 2.19. The molecule has 0 aromatic carbocycles. The normalized spacial score (nSPS) is 15.0. The molecule has 5 heteroatoms. The Morgan fingerprint density at radius 3 is 2.84 bits per heavy atom. The maximum Gasteiger partial charge on any atom is 0.133 e. The minimum atomic E-state index is 0.627. The van der Waals surface area contributed by atoms with Crippen molar-refractivity contribution >= 4 is 12.2 Å². The highest BCUT2D eigenvalue weighted by Gasteiger charge is 2.11. The summed E-state index contributed by atoms with van der Waals surface area (Å²) in [5.41, 5.74) is 2.56. The van der Waals surface area contributed by atoms with E-state index in [-0.39, 0.29) is 0 Å². The van der Waals surface area contributed by atoms with Gasteiger partial charge in [0.25, 0.3) is 0 Å². The SMILES string of the molecule is COCCOCCc1nc(=S)c2c([nH]1)CCCCC2. The van der Waals surface area contributed by atoms with Gasteiger partial charge in [-0.3, -0.25) is 0 Å². The van der Waals surface area contributed by atoms with Crippen LogP contribution in [0, 0.1) is 4.64 Å². The van der Waals surface area contributed by atoms with Crippen molar-refractivity contribution < 1.29 is 9.47 Å². The fourth-order valence-corrected chi connectivity index (χ4v) is 2.72. The van der Waals surface area contributed by atoms with Crippen LogP contribution < -0.4 is 0 Å². The summed E-state index contributed by atoms with van der Waals surface area (Å²) in [5, 5.41) is 0. The van der Waals surface area contributed by atoms with Crippen LogP contribution in [0.15, 0.2) is 0 Å². The Bertz CT molecular complexity index is 459. The topological polar surface area (TPSA) is 47.1 Å². The lowest BCUT2D eigenvalue weighted by atomic mass is 10.1. The fourth-order valence-electron chi connectivity index (χ4n) is 2.38. The zero-order valence-corrected chi connectivity index (χ0v) is 12.4. The van der Waals surface area contributed by atoms with E-state index in [4.69, 9.17) is 21.7 Å². The molecule has 0 atom stereocenters. The number of methoxy groups -OCH3 is 1. The molecule has 2 rings (SSSR count). The predicted molar refractivity (Wildman–Crippen MR) is 77.1 cm³/mol. The average Bonchev–Trinajstić information content (AvgIpc) is 2.64. The molecule has 1 aromatic rings. The molecule has 0 amide bonds. The van der Waals surface area contributed by atoms with Gasteiger partial charge < -0.3 is 14.5 Å². The Labute approximate surface area is 119 Å². The van der Waals surface area contributed by atoms with E-state index in [1.54, 1.807) is 7.11 Å². The van der Waals surface area contributed by atoms with Crippen molar-refractivity contribution in [2.24, 2.45) is 0 Å². The van der Waals surface area contributed by atoms with E-state index in [0.29, 0.717) is 19.8 Å². The van der Waals surface area contributed by atoms with Crippen LogP contribution >= 0.6 is 12.2 Å². The highest BCUT2D eigenvalue weighted by atomic mass is 32.1. The van der Waals surface area contributed by atoms with Gasteiger partial charge in [-0.1, -0.05) is 18.6 Å². The molecule has 0 radical (unpaired) electrons. The third kappa shape index (κ3) is 4.37. The van der Waals surface area contributed by atoms with Crippen molar-refractivity contribution in [2.45, 2.75) is 38.5 Å². The van der Waals surface area contributed by atoms with Gasteiger partial charge in [0, 0.05) is 24.8 Å². The van der Waals surface area contributed by atoms with Crippen molar-refractivity contribution in [2.75, 3.05) is 26.9 Å². The largest absolute Gasteiger partial charge is 0.382 e. The quantitative estimate of drug-likeness (QED) is 0.495. The standard InChI is InChI=1S/C14H22N2O2S/c1-17-9-10-18-8-7-13-15-12-6-4-2-3-5-11(12)14(19)16-13/h2-10H2,1H3,(H,15,16,19). The van der Waals surface area contributed by atoms with Crippen molar-refractivity contribution in [3.05, 3.63) is 21.7 Å². The van der Waals surface area contributed by atoms with Gasteiger partial charge in [0.1, 0.15) is 10.5 Å². The first kappa shape index (κ1) is 14.6. The van der Waals surface area contributed by atoms with Gasteiger partial charge in [-0.25, -0.2) is 4.98 Å². The number of H-pyrrole nitrogens is 1. The Kier molecular flexibility index (Phi) is 5.94. The molecule has 1 heterocycles. The third-order valence-corrected chi connectivity index (χ3v) is 3.76. The molecular formula is C14H22N2O2S. The number of aromatic nitrogens is 2. The first-order chi connectivity index (χ1) is 9.31. The van der Waals surface area contributed by atoms with Crippen LogP contribution in [0.3, 0.4) is 0 Å². The Morgan fingerprint density at radius 1 is 1.16 bits per heavy atom. The molecular weight excluding hydrogens is 260 g/mol. The van der Waals surface area contributed by atoms with E-state index in [1.807, 2.05) is 0 Å². The van der Waals surface area contributed by atoms with Gasteiger partial charge in [-0.05, 0) is 25.7 Å². The van der Waals surface area contributed by atoms with Gasteiger partial charge in [-0.15, -0.1) is 0 Å². The molecule has 19 heavy (non-hydrogen) atoms. The van der Waals surface area contributed by atoms with Crippen molar-refractivity contribution in [1.82, 2.24) is 9.97 Å². The summed E-state index contributed by atoms with van der Waals surface area (Å²) in [7, 11) is 1.68. The van der Waals surface area contributed by atoms with Crippen LogP contribution in [-0.4, -0.2) is 36.9 Å². The third-order valence-electron chi connectivity index (χ3n) is 3.42. The Hall–Kier alpha value is -0.780. The molecule has 1 N–H and O–H groups in total. The molecule has 0 fully saturated rings. The Morgan fingerprint density at radius 2 is 2.00 bits per heavy atom.